The van der Waals surface area contributed by atoms with Crippen molar-refractivity contribution < 1.29 is 29.1 Å². The minimum Gasteiger partial charge on any atom is -0.480 e. The molecule has 0 radical (unpaired) electrons. The minimum absolute atomic E-state index is 0.0857. The second-order valence-electron chi connectivity index (χ2n) is 8.59. The number of likely N-dealkylation sites (tertiary alicyclic amines) is 1. The number of nitrogens with two attached hydrogens (primary N) is 1. The fourth-order valence-corrected chi connectivity index (χ4v) is 4.31. The number of H-pyrrole nitrogens is 1. The summed E-state index contributed by atoms with van der Waals surface area (Å²) in [5.74, 6) is -3.33. The van der Waals surface area contributed by atoms with Gasteiger partial charge in [-0.05, 0) is 38.6 Å². The molecule has 13 heteroatoms. The average molecular weight is 478 g/mol. The molecule has 2 aliphatic heterocycles. The molecule has 1 aromatic rings. The molecule has 4 unspecified atom stereocenters. The van der Waals surface area contributed by atoms with E-state index in [1.807, 2.05) is 0 Å². The number of nitrogens with one attached hydrogen (secondary N) is 4. The van der Waals surface area contributed by atoms with Crippen molar-refractivity contribution in [3.63, 3.8) is 0 Å². The van der Waals surface area contributed by atoms with Crippen LogP contribution in [-0.4, -0.2) is 86.8 Å². The van der Waals surface area contributed by atoms with Gasteiger partial charge in [-0.25, -0.2) is 9.78 Å². The first kappa shape index (κ1) is 25.1. The number of hydrogen-bond donors (Lipinski definition) is 6. The third kappa shape index (κ3) is 6.53. The number of carbonyl (C=O) groups is 5. The lowest BCUT2D eigenvalue weighted by Gasteiger charge is -2.28. The van der Waals surface area contributed by atoms with Crippen LogP contribution in [0.25, 0.3) is 0 Å². The monoisotopic (exact) mass is 477 g/mol. The predicted octanol–water partition coefficient (Wildman–Crippen LogP) is -1.99. The van der Waals surface area contributed by atoms with E-state index >= 15 is 0 Å². The number of aliphatic carboxylic acids is 1. The normalized spacial score (nSPS) is 21.6. The molecule has 3 heterocycles. The maximum absolute atomic E-state index is 13.2. The van der Waals surface area contributed by atoms with Gasteiger partial charge < -0.3 is 36.7 Å². The van der Waals surface area contributed by atoms with Crippen molar-refractivity contribution in [3.8, 4) is 0 Å². The largest absolute Gasteiger partial charge is 0.480 e. The molecule has 7 N–H and O–H groups in total. The highest BCUT2D eigenvalue weighted by molar-refractivity contribution is 5.94. The smallest absolute Gasteiger partial charge is 0.326 e. The summed E-state index contributed by atoms with van der Waals surface area (Å²) in [4.78, 5) is 70.0. The Kier molecular flexibility index (Phi) is 8.57. The van der Waals surface area contributed by atoms with Gasteiger partial charge >= 0.3 is 5.97 Å². The van der Waals surface area contributed by atoms with Gasteiger partial charge in [0, 0.05) is 31.3 Å². The van der Waals surface area contributed by atoms with E-state index in [-0.39, 0.29) is 31.7 Å². The summed E-state index contributed by atoms with van der Waals surface area (Å²) in [6.07, 6.45) is 5.14. The molecule has 0 aromatic carbocycles. The minimum atomic E-state index is -1.16. The van der Waals surface area contributed by atoms with Crippen molar-refractivity contribution in [2.24, 2.45) is 5.73 Å². The standard InChI is InChI=1S/C21H31N7O6/c22-17(29)6-5-14(20(32)28-8-2-4-16(28)21(33)34)26-19(31)15(9-12-10-23-11-25-12)27-18(30)13-3-1-7-24-13/h10-11,13-16,24H,1-9H2,(H2,22,29)(H,23,25)(H,26,31)(H,27,30)(H,33,34). The summed E-state index contributed by atoms with van der Waals surface area (Å²) < 4.78 is 0. The van der Waals surface area contributed by atoms with Crippen LogP contribution in [0, 0.1) is 0 Å². The lowest BCUT2D eigenvalue weighted by Crippen LogP contribution is -2.57. The van der Waals surface area contributed by atoms with Gasteiger partial charge in [-0.2, -0.15) is 0 Å². The fraction of sp³-hybridized carbons (Fsp3) is 0.619. The molecular weight excluding hydrogens is 446 g/mol. The molecule has 0 aliphatic carbocycles. The molecule has 2 saturated heterocycles. The summed E-state index contributed by atoms with van der Waals surface area (Å²) in [5, 5.41) is 17.9. The van der Waals surface area contributed by atoms with Crippen LogP contribution in [0.5, 0.6) is 0 Å². The van der Waals surface area contributed by atoms with Crippen LogP contribution in [0.2, 0.25) is 0 Å². The molecule has 2 aliphatic rings. The highest BCUT2D eigenvalue weighted by Gasteiger charge is 2.38. The van der Waals surface area contributed by atoms with Crippen LogP contribution in [0.4, 0.5) is 0 Å². The SMILES string of the molecule is NC(=O)CCC(NC(=O)C(Cc1cnc[nH]1)NC(=O)C1CCCN1)C(=O)N1CCCC1C(=O)O. The molecule has 3 rings (SSSR count). The zero-order valence-corrected chi connectivity index (χ0v) is 18.8. The number of imidazole rings is 1. The maximum Gasteiger partial charge on any atom is 0.326 e. The number of amides is 4. The second kappa shape index (κ2) is 11.6. The van der Waals surface area contributed by atoms with Gasteiger partial charge in [0.1, 0.15) is 18.1 Å². The molecule has 34 heavy (non-hydrogen) atoms. The molecular formula is C21H31N7O6. The van der Waals surface area contributed by atoms with Gasteiger partial charge in [0.15, 0.2) is 0 Å². The van der Waals surface area contributed by atoms with Crippen molar-refractivity contribution in [2.45, 2.75) is 69.1 Å². The Labute approximate surface area is 196 Å². The van der Waals surface area contributed by atoms with Gasteiger partial charge in [0.05, 0.1) is 12.4 Å². The van der Waals surface area contributed by atoms with Crippen molar-refractivity contribution in [1.29, 1.82) is 0 Å². The Morgan fingerprint density at radius 3 is 2.59 bits per heavy atom. The molecule has 4 atom stereocenters. The van der Waals surface area contributed by atoms with Gasteiger partial charge in [-0.15, -0.1) is 0 Å². The third-order valence-electron chi connectivity index (χ3n) is 6.10. The Balaban J connectivity index is 1.75. The van der Waals surface area contributed by atoms with Crippen molar-refractivity contribution >= 4 is 29.6 Å². The Hall–Kier alpha value is -3.48. The highest BCUT2D eigenvalue weighted by Crippen LogP contribution is 2.20. The third-order valence-corrected chi connectivity index (χ3v) is 6.10. The average Bonchev–Trinajstić information content (AvgIpc) is 3.57. The Morgan fingerprint density at radius 1 is 1.18 bits per heavy atom. The number of hydrogen-bond acceptors (Lipinski definition) is 7. The number of primary amides is 1. The van der Waals surface area contributed by atoms with Crippen LogP contribution < -0.4 is 21.7 Å². The molecule has 1 aromatic heterocycles. The van der Waals surface area contributed by atoms with E-state index in [1.165, 1.54) is 17.4 Å². The number of carboxylic acids is 1. The number of aromatic nitrogens is 2. The van der Waals surface area contributed by atoms with Crippen LogP contribution in [0.15, 0.2) is 12.5 Å². The number of carbonyl (C=O) groups excluding carboxylic acids is 4. The first-order chi connectivity index (χ1) is 16.3. The summed E-state index contributed by atoms with van der Waals surface area (Å²) in [6.45, 7) is 0.945. The van der Waals surface area contributed by atoms with E-state index in [2.05, 4.69) is 25.9 Å². The highest BCUT2D eigenvalue weighted by atomic mass is 16.4. The molecule has 13 nitrogen and oxygen atoms in total. The van der Waals surface area contributed by atoms with Crippen LogP contribution >= 0.6 is 0 Å². The molecule has 0 spiro atoms. The number of rotatable bonds is 11. The van der Waals surface area contributed by atoms with Gasteiger partial charge in [0.25, 0.3) is 0 Å². The van der Waals surface area contributed by atoms with Crippen molar-refractivity contribution in [2.75, 3.05) is 13.1 Å². The molecule has 0 bridgehead atoms. The summed E-state index contributed by atoms with van der Waals surface area (Å²) in [5.41, 5.74) is 5.84. The summed E-state index contributed by atoms with van der Waals surface area (Å²) in [6, 6.07) is -3.58. The van der Waals surface area contributed by atoms with Crippen LogP contribution in [0.3, 0.4) is 0 Å². The van der Waals surface area contributed by atoms with E-state index in [9.17, 15) is 29.1 Å². The fourth-order valence-electron chi connectivity index (χ4n) is 4.31. The van der Waals surface area contributed by atoms with Gasteiger partial charge in [0.2, 0.25) is 23.6 Å². The van der Waals surface area contributed by atoms with E-state index in [0.29, 0.717) is 31.5 Å². The maximum atomic E-state index is 13.2. The number of carboxylic acid groups (broad SMARTS) is 1. The van der Waals surface area contributed by atoms with Crippen LogP contribution in [-0.2, 0) is 30.4 Å². The molecule has 2 fully saturated rings. The van der Waals surface area contributed by atoms with Gasteiger partial charge in [-0.1, -0.05) is 0 Å². The summed E-state index contributed by atoms with van der Waals surface area (Å²) in [7, 11) is 0. The van der Waals surface area contributed by atoms with E-state index < -0.39 is 47.9 Å². The zero-order valence-electron chi connectivity index (χ0n) is 18.8. The second-order valence-corrected chi connectivity index (χ2v) is 8.59. The topological polar surface area (TPSA) is 200 Å². The molecule has 186 valence electrons. The molecule has 4 amide bonds. The quantitative estimate of drug-likeness (QED) is 0.210. The van der Waals surface area contributed by atoms with Gasteiger partial charge in [-0.3, -0.25) is 19.2 Å². The van der Waals surface area contributed by atoms with E-state index in [0.717, 1.165) is 6.42 Å². The lowest BCUT2D eigenvalue weighted by molar-refractivity contribution is -0.149. The summed E-state index contributed by atoms with van der Waals surface area (Å²) >= 11 is 0. The van der Waals surface area contributed by atoms with E-state index in [4.69, 9.17) is 5.73 Å². The Morgan fingerprint density at radius 2 is 1.97 bits per heavy atom. The van der Waals surface area contributed by atoms with E-state index in [1.54, 1.807) is 0 Å². The lowest BCUT2D eigenvalue weighted by atomic mass is 10.1. The predicted molar refractivity (Wildman–Crippen MR) is 118 cm³/mol. The Bertz CT molecular complexity index is 899. The van der Waals surface area contributed by atoms with Crippen molar-refractivity contribution in [3.05, 3.63) is 18.2 Å². The number of nitrogens with zero attached hydrogens (tertiary/aromatic N) is 2. The zero-order chi connectivity index (χ0) is 24.7. The first-order valence-corrected chi connectivity index (χ1v) is 11.4. The van der Waals surface area contributed by atoms with Crippen molar-refractivity contribution in [1.82, 2.24) is 30.8 Å². The first-order valence-electron chi connectivity index (χ1n) is 11.4. The number of aromatic amines is 1. The van der Waals surface area contributed by atoms with Crippen LogP contribution in [0.1, 0.15) is 44.2 Å². The molecule has 0 saturated carbocycles.